The molecule has 136 valence electrons. The SMILES string of the molecule is NC(=O)c1ccc(NC(=O)c2c[nH]c(=O)n(Cc3ccccc3)c2=O)cc1. The molecule has 1 aromatic heterocycles. The van der Waals surface area contributed by atoms with Crippen LogP contribution < -0.4 is 22.3 Å². The van der Waals surface area contributed by atoms with E-state index >= 15 is 0 Å². The first kappa shape index (κ1) is 17.9. The van der Waals surface area contributed by atoms with Crippen molar-refractivity contribution in [1.82, 2.24) is 9.55 Å². The standard InChI is InChI=1S/C19H16N4O4/c20-16(24)13-6-8-14(9-7-13)22-17(25)15-10-21-19(27)23(18(15)26)11-12-4-2-1-3-5-12/h1-10H,11H2,(H2,20,24)(H,21,27)(H,22,25). The van der Waals surface area contributed by atoms with Gasteiger partial charge < -0.3 is 16.0 Å². The fourth-order valence-corrected chi connectivity index (χ4v) is 2.50. The molecule has 8 heteroatoms. The van der Waals surface area contributed by atoms with Crippen LogP contribution in [-0.4, -0.2) is 21.4 Å². The average molecular weight is 364 g/mol. The summed E-state index contributed by atoms with van der Waals surface area (Å²) in [6.07, 6.45) is 1.08. The lowest BCUT2D eigenvalue weighted by Gasteiger charge is -2.08. The normalized spacial score (nSPS) is 10.4. The van der Waals surface area contributed by atoms with Gasteiger partial charge in [-0.3, -0.25) is 19.0 Å². The van der Waals surface area contributed by atoms with E-state index in [2.05, 4.69) is 10.3 Å². The number of nitrogens with two attached hydrogens (primary N) is 1. The summed E-state index contributed by atoms with van der Waals surface area (Å²) in [6.45, 7) is 0.0451. The zero-order valence-electron chi connectivity index (χ0n) is 14.1. The molecule has 1 heterocycles. The molecule has 27 heavy (non-hydrogen) atoms. The van der Waals surface area contributed by atoms with Crippen molar-refractivity contribution in [3.8, 4) is 0 Å². The van der Waals surface area contributed by atoms with Crippen LogP contribution in [0.5, 0.6) is 0 Å². The predicted octanol–water partition coefficient (Wildman–Crippen LogP) is 0.936. The fourth-order valence-electron chi connectivity index (χ4n) is 2.50. The molecule has 0 unspecified atom stereocenters. The third kappa shape index (κ3) is 4.01. The third-order valence-corrected chi connectivity index (χ3v) is 3.92. The molecule has 0 saturated heterocycles. The Hall–Kier alpha value is -3.94. The minimum absolute atomic E-state index is 0.0451. The summed E-state index contributed by atoms with van der Waals surface area (Å²) in [6, 6.07) is 14.9. The second-order valence-electron chi connectivity index (χ2n) is 5.78. The highest BCUT2D eigenvalue weighted by Gasteiger charge is 2.15. The van der Waals surface area contributed by atoms with Crippen LogP contribution in [0.1, 0.15) is 26.3 Å². The molecule has 0 radical (unpaired) electrons. The van der Waals surface area contributed by atoms with E-state index in [4.69, 9.17) is 5.73 Å². The minimum Gasteiger partial charge on any atom is -0.366 e. The van der Waals surface area contributed by atoms with Crippen LogP contribution >= 0.6 is 0 Å². The summed E-state index contributed by atoms with van der Waals surface area (Å²) in [5.74, 6) is -1.26. The highest BCUT2D eigenvalue weighted by atomic mass is 16.2. The number of primary amides is 1. The van der Waals surface area contributed by atoms with Crippen molar-refractivity contribution in [3.63, 3.8) is 0 Å². The van der Waals surface area contributed by atoms with E-state index < -0.39 is 23.1 Å². The molecule has 0 saturated carbocycles. The molecular formula is C19H16N4O4. The molecule has 0 atom stereocenters. The number of aromatic nitrogens is 2. The van der Waals surface area contributed by atoms with Gasteiger partial charge in [-0.25, -0.2) is 4.79 Å². The molecule has 8 nitrogen and oxygen atoms in total. The first-order valence-electron chi connectivity index (χ1n) is 8.03. The first-order valence-corrected chi connectivity index (χ1v) is 8.03. The Balaban J connectivity index is 1.87. The number of rotatable bonds is 5. The van der Waals surface area contributed by atoms with Gasteiger partial charge in [-0.1, -0.05) is 30.3 Å². The quantitative estimate of drug-likeness (QED) is 0.622. The van der Waals surface area contributed by atoms with Gasteiger partial charge in [0, 0.05) is 17.4 Å². The van der Waals surface area contributed by atoms with Crippen molar-refractivity contribution >= 4 is 17.5 Å². The van der Waals surface area contributed by atoms with Gasteiger partial charge in [0.25, 0.3) is 11.5 Å². The number of anilines is 1. The summed E-state index contributed by atoms with van der Waals surface area (Å²) in [5.41, 5.74) is 5.08. The summed E-state index contributed by atoms with van der Waals surface area (Å²) in [7, 11) is 0. The Labute approximate surface area is 153 Å². The van der Waals surface area contributed by atoms with Gasteiger partial charge >= 0.3 is 5.69 Å². The van der Waals surface area contributed by atoms with E-state index in [1.807, 2.05) is 6.07 Å². The summed E-state index contributed by atoms with van der Waals surface area (Å²) >= 11 is 0. The molecule has 0 spiro atoms. The lowest BCUT2D eigenvalue weighted by molar-refractivity contribution is 0.0998. The summed E-state index contributed by atoms with van der Waals surface area (Å²) in [4.78, 5) is 50.5. The average Bonchev–Trinajstić information content (AvgIpc) is 2.66. The van der Waals surface area contributed by atoms with Crippen LogP contribution in [0.25, 0.3) is 0 Å². The molecule has 0 fully saturated rings. The number of nitrogens with zero attached hydrogens (tertiary/aromatic N) is 1. The highest BCUT2D eigenvalue weighted by Crippen LogP contribution is 2.10. The fraction of sp³-hybridized carbons (Fsp3) is 0.0526. The van der Waals surface area contributed by atoms with Crippen LogP contribution in [0.4, 0.5) is 5.69 Å². The zero-order chi connectivity index (χ0) is 19.4. The number of hydrogen-bond acceptors (Lipinski definition) is 4. The van der Waals surface area contributed by atoms with Gasteiger partial charge in [0.2, 0.25) is 5.91 Å². The lowest BCUT2D eigenvalue weighted by Crippen LogP contribution is -2.39. The summed E-state index contributed by atoms with van der Waals surface area (Å²) in [5, 5.41) is 2.55. The van der Waals surface area contributed by atoms with Gasteiger partial charge in [0.15, 0.2) is 0 Å². The largest absolute Gasteiger partial charge is 0.366 e. The first-order chi connectivity index (χ1) is 13.0. The smallest absolute Gasteiger partial charge is 0.328 e. The summed E-state index contributed by atoms with van der Waals surface area (Å²) < 4.78 is 0.959. The number of hydrogen-bond donors (Lipinski definition) is 3. The van der Waals surface area contributed by atoms with Gasteiger partial charge in [0.05, 0.1) is 6.54 Å². The second kappa shape index (κ2) is 7.52. The highest BCUT2D eigenvalue weighted by molar-refractivity contribution is 6.04. The van der Waals surface area contributed by atoms with Crippen LogP contribution in [0, 0.1) is 0 Å². The van der Waals surface area contributed by atoms with E-state index in [1.54, 1.807) is 24.3 Å². The van der Waals surface area contributed by atoms with Gasteiger partial charge in [-0.05, 0) is 29.8 Å². The van der Waals surface area contributed by atoms with E-state index in [9.17, 15) is 19.2 Å². The van der Waals surface area contributed by atoms with Crippen molar-refractivity contribution in [1.29, 1.82) is 0 Å². The van der Waals surface area contributed by atoms with Crippen molar-refractivity contribution in [2.45, 2.75) is 6.54 Å². The number of nitrogens with one attached hydrogen (secondary N) is 2. The molecule has 0 aliphatic heterocycles. The predicted molar refractivity (Wildman–Crippen MR) is 99.8 cm³/mol. The Morgan fingerprint density at radius 2 is 1.67 bits per heavy atom. The van der Waals surface area contributed by atoms with Crippen LogP contribution in [0.3, 0.4) is 0 Å². The monoisotopic (exact) mass is 364 g/mol. The Morgan fingerprint density at radius 3 is 2.30 bits per heavy atom. The Morgan fingerprint density at radius 1 is 1.00 bits per heavy atom. The molecule has 0 aliphatic carbocycles. The van der Waals surface area contributed by atoms with Crippen LogP contribution in [0.2, 0.25) is 0 Å². The molecule has 0 bridgehead atoms. The maximum atomic E-state index is 12.6. The molecule has 0 aliphatic rings. The number of benzene rings is 2. The molecule has 4 N–H and O–H groups in total. The van der Waals surface area contributed by atoms with Crippen LogP contribution in [0.15, 0.2) is 70.4 Å². The molecule has 2 amide bonds. The number of H-pyrrole nitrogens is 1. The maximum absolute atomic E-state index is 12.6. The Bertz CT molecular complexity index is 1100. The van der Waals surface area contributed by atoms with E-state index in [1.165, 1.54) is 24.3 Å². The molecule has 3 rings (SSSR count). The number of carbonyl (C=O) groups is 2. The Kier molecular flexibility index (Phi) is 4.98. The molecule has 2 aromatic carbocycles. The topological polar surface area (TPSA) is 127 Å². The third-order valence-electron chi connectivity index (χ3n) is 3.92. The van der Waals surface area contributed by atoms with Crippen LogP contribution in [-0.2, 0) is 6.54 Å². The number of amides is 2. The maximum Gasteiger partial charge on any atom is 0.328 e. The lowest BCUT2D eigenvalue weighted by atomic mass is 10.2. The minimum atomic E-state index is -0.700. The number of carbonyl (C=O) groups excluding carboxylic acids is 2. The van der Waals surface area contributed by atoms with Crippen molar-refractivity contribution < 1.29 is 9.59 Å². The van der Waals surface area contributed by atoms with Crippen molar-refractivity contribution in [2.24, 2.45) is 5.73 Å². The molecular weight excluding hydrogens is 348 g/mol. The second-order valence-corrected chi connectivity index (χ2v) is 5.78. The number of aromatic amines is 1. The van der Waals surface area contributed by atoms with E-state index in [0.29, 0.717) is 11.3 Å². The van der Waals surface area contributed by atoms with Gasteiger partial charge in [-0.2, -0.15) is 0 Å². The molecule has 3 aromatic rings. The zero-order valence-corrected chi connectivity index (χ0v) is 14.1. The van der Waals surface area contributed by atoms with E-state index in [-0.39, 0.29) is 12.1 Å². The van der Waals surface area contributed by atoms with Gasteiger partial charge in [-0.15, -0.1) is 0 Å². The van der Waals surface area contributed by atoms with Gasteiger partial charge in [0.1, 0.15) is 5.56 Å². The van der Waals surface area contributed by atoms with Crippen molar-refractivity contribution in [3.05, 3.63) is 98.3 Å². The van der Waals surface area contributed by atoms with Crippen molar-refractivity contribution in [2.75, 3.05) is 5.32 Å². The van der Waals surface area contributed by atoms with E-state index in [0.717, 1.165) is 16.3 Å².